The Hall–Kier alpha value is -2.08. The van der Waals surface area contributed by atoms with Crippen molar-refractivity contribution in [3.8, 4) is 0 Å². The van der Waals surface area contributed by atoms with E-state index in [1.165, 1.54) is 18.9 Å². The molecule has 1 aliphatic heterocycles. The van der Waals surface area contributed by atoms with Crippen molar-refractivity contribution >= 4 is 63.9 Å². The van der Waals surface area contributed by atoms with Crippen molar-refractivity contribution in [2.45, 2.75) is 12.8 Å². The summed E-state index contributed by atoms with van der Waals surface area (Å²) in [5.41, 5.74) is 2.68. The van der Waals surface area contributed by atoms with Gasteiger partial charge >= 0.3 is 0 Å². The van der Waals surface area contributed by atoms with Crippen LogP contribution in [0.4, 0.5) is 11.4 Å². The fourth-order valence-electron chi connectivity index (χ4n) is 2.92. The van der Waals surface area contributed by atoms with E-state index in [1.54, 1.807) is 24.3 Å². The summed E-state index contributed by atoms with van der Waals surface area (Å²) >= 11 is 17.2. The Balaban J connectivity index is 1.61. The van der Waals surface area contributed by atoms with Crippen LogP contribution in [0.25, 0.3) is 6.08 Å². The van der Waals surface area contributed by atoms with Crippen LogP contribution in [0.1, 0.15) is 18.4 Å². The number of carbonyl (C=O) groups is 1. The fraction of sp³-hybridized carbons (Fsp3) is 0.200. The highest BCUT2D eigenvalue weighted by Gasteiger charge is 2.16. The largest absolute Gasteiger partial charge is 0.370 e. The minimum absolute atomic E-state index is 0.249. The molecule has 2 aromatic carbocycles. The highest BCUT2D eigenvalue weighted by molar-refractivity contribution is 7.80. The molecule has 0 atom stereocenters. The highest BCUT2D eigenvalue weighted by atomic mass is 35.5. The molecule has 4 nitrogen and oxygen atoms in total. The quantitative estimate of drug-likeness (QED) is 0.532. The van der Waals surface area contributed by atoms with Crippen molar-refractivity contribution in [1.82, 2.24) is 5.32 Å². The molecule has 0 aromatic heterocycles. The maximum Gasteiger partial charge on any atom is 0.250 e. The zero-order valence-electron chi connectivity index (χ0n) is 14.5. The second-order valence-corrected chi connectivity index (χ2v) is 7.41. The third-order valence-electron chi connectivity index (χ3n) is 4.21. The summed E-state index contributed by atoms with van der Waals surface area (Å²) in [5, 5.41) is 7.04. The molecule has 1 fully saturated rings. The zero-order valence-corrected chi connectivity index (χ0v) is 16.9. The number of nitrogens with zero attached hydrogens (tertiary/aromatic N) is 1. The molecule has 0 saturated carbocycles. The lowest BCUT2D eigenvalue weighted by Crippen LogP contribution is -2.33. The van der Waals surface area contributed by atoms with Crippen molar-refractivity contribution in [3.05, 3.63) is 64.1 Å². The molecule has 3 rings (SSSR count). The lowest BCUT2D eigenvalue weighted by Gasteiger charge is -2.22. The molecule has 0 bridgehead atoms. The molecule has 0 spiro atoms. The Morgan fingerprint density at radius 1 is 1.11 bits per heavy atom. The molecular formula is C20H19Cl2N3OS. The summed E-state index contributed by atoms with van der Waals surface area (Å²) in [6, 6.07) is 13.0. The number of hydrogen-bond acceptors (Lipinski definition) is 3. The second-order valence-electron chi connectivity index (χ2n) is 6.15. The molecule has 0 unspecified atom stereocenters. The highest BCUT2D eigenvalue weighted by Crippen LogP contribution is 2.28. The van der Waals surface area contributed by atoms with Gasteiger partial charge in [0.25, 0.3) is 0 Å². The minimum Gasteiger partial charge on any atom is -0.370 e. The topological polar surface area (TPSA) is 44.4 Å². The molecule has 1 heterocycles. The third-order valence-corrected chi connectivity index (χ3v) is 4.98. The number of anilines is 2. The summed E-state index contributed by atoms with van der Waals surface area (Å²) in [4.78, 5) is 14.4. The van der Waals surface area contributed by atoms with E-state index < -0.39 is 0 Å². The molecule has 1 saturated heterocycles. The van der Waals surface area contributed by atoms with Crippen molar-refractivity contribution in [3.63, 3.8) is 0 Å². The Labute approximate surface area is 174 Å². The van der Waals surface area contributed by atoms with E-state index in [-0.39, 0.29) is 11.0 Å². The van der Waals surface area contributed by atoms with Crippen molar-refractivity contribution in [2.75, 3.05) is 23.3 Å². The summed E-state index contributed by atoms with van der Waals surface area (Å²) in [6.07, 6.45) is 5.38. The zero-order chi connectivity index (χ0) is 19.2. The number of benzene rings is 2. The van der Waals surface area contributed by atoms with Crippen LogP contribution in [0.15, 0.2) is 48.5 Å². The van der Waals surface area contributed by atoms with Gasteiger partial charge in [0, 0.05) is 29.2 Å². The Morgan fingerprint density at radius 3 is 2.59 bits per heavy atom. The number of hydrogen-bond donors (Lipinski definition) is 2. The first kappa shape index (κ1) is 19.7. The van der Waals surface area contributed by atoms with E-state index in [0.29, 0.717) is 15.6 Å². The van der Waals surface area contributed by atoms with Gasteiger partial charge in [-0.2, -0.15) is 0 Å². The fourth-order valence-corrected chi connectivity index (χ4v) is 3.60. The van der Waals surface area contributed by atoms with Crippen molar-refractivity contribution in [1.29, 1.82) is 0 Å². The van der Waals surface area contributed by atoms with Gasteiger partial charge in [-0.05, 0) is 61.0 Å². The predicted octanol–water partition coefficient (Wildman–Crippen LogP) is 5.12. The lowest BCUT2D eigenvalue weighted by molar-refractivity contribution is -0.115. The van der Waals surface area contributed by atoms with E-state index in [1.807, 2.05) is 18.2 Å². The smallest absolute Gasteiger partial charge is 0.250 e. The summed E-state index contributed by atoms with van der Waals surface area (Å²) in [5.74, 6) is -0.336. The van der Waals surface area contributed by atoms with E-state index in [9.17, 15) is 4.79 Å². The van der Waals surface area contributed by atoms with Crippen LogP contribution in [-0.4, -0.2) is 24.1 Å². The van der Waals surface area contributed by atoms with E-state index in [0.717, 1.165) is 24.5 Å². The average molecular weight is 420 g/mol. The van der Waals surface area contributed by atoms with Gasteiger partial charge in [-0.25, -0.2) is 0 Å². The number of carbonyl (C=O) groups excluding carboxylic acids is 1. The Kier molecular flexibility index (Phi) is 6.72. The van der Waals surface area contributed by atoms with Gasteiger partial charge in [-0.3, -0.25) is 10.1 Å². The van der Waals surface area contributed by atoms with Crippen molar-refractivity contribution in [2.24, 2.45) is 0 Å². The number of halogens is 2. The SMILES string of the molecule is O=C(/C=C/c1ccc(Cl)cc1Cl)NC(=S)Nc1ccccc1N1CCCC1. The maximum absolute atomic E-state index is 12.1. The van der Waals surface area contributed by atoms with Crippen LogP contribution in [0, 0.1) is 0 Å². The van der Waals surface area contributed by atoms with Gasteiger partial charge < -0.3 is 10.2 Å². The summed E-state index contributed by atoms with van der Waals surface area (Å²) < 4.78 is 0. The van der Waals surface area contributed by atoms with E-state index >= 15 is 0 Å². The lowest BCUT2D eigenvalue weighted by atomic mass is 10.2. The molecule has 7 heteroatoms. The standard InChI is InChI=1S/C20H19Cl2N3OS/c21-15-9-7-14(16(22)13-15)8-10-19(26)24-20(27)23-17-5-1-2-6-18(17)25-11-3-4-12-25/h1-2,5-10,13H,3-4,11-12H2,(H2,23,24,26,27)/b10-8+. The number of rotatable bonds is 4. The van der Waals surface area contributed by atoms with Gasteiger partial charge in [0.15, 0.2) is 5.11 Å². The first-order valence-corrected chi connectivity index (χ1v) is 9.78. The molecule has 1 aliphatic rings. The molecule has 0 radical (unpaired) electrons. The molecule has 27 heavy (non-hydrogen) atoms. The molecular weight excluding hydrogens is 401 g/mol. The van der Waals surface area contributed by atoms with Crippen LogP contribution >= 0.6 is 35.4 Å². The van der Waals surface area contributed by atoms with Gasteiger partial charge in [-0.15, -0.1) is 0 Å². The first-order valence-electron chi connectivity index (χ1n) is 8.62. The van der Waals surface area contributed by atoms with E-state index in [4.69, 9.17) is 35.4 Å². The monoisotopic (exact) mass is 419 g/mol. The molecule has 0 aliphatic carbocycles. The summed E-state index contributed by atoms with van der Waals surface area (Å²) in [7, 11) is 0. The number of thiocarbonyl (C=S) groups is 1. The van der Waals surface area contributed by atoms with Gasteiger partial charge in [0.1, 0.15) is 0 Å². The Morgan fingerprint density at radius 2 is 1.85 bits per heavy atom. The second kappa shape index (κ2) is 9.22. The van der Waals surface area contributed by atoms with Gasteiger partial charge in [0.2, 0.25) is 5.91 Å². The van der Waals surface area contributed by atoms with Gasteiger partial charge in [0.05, 0.1) is 11.4 Å². The van der Waals surface area contributed by atoms with Crippen LogP contribution in [0.2, 0.25) is 10.0 Å². The van der Waals surface area contributed by atoms with Crippen molar-refractivity contribution < 1.29 is 4.79 Å². The van der Waals surface area contributed by atoms with Crippen LogP contribution in [0.3, 0.4) is 0 Å². The molecule has 2 N–H and O–H groups in total. The molecule has 2 aromatic rings. The first-order chi connectivity index (χ1) is 13.0. The Bertz CT molecular complexity index is 879. The minimum atomic E-state index is -0.336. The summed E-state index contributed by atoms with van der Waals surface area (Å²) in [6.45, 7) is 2.06. The predicted molar refractivity (Wildman–Crippen MR) is 118 cm³/mol. The number of amides is 1. The van der Waals surface area contributed by atoms with E-state index in [2.05, 4.69) is 21.6 Å². The normalized spacial score (nSPS) is 13.8. The number of nitrogens with one attached hydrogen (secondary N) is 2. The van der Waals surface area contributed by atoms with Crippen LogP contribution < -0.4 is 15.5 Å². The average Bonchev–Trinajstić information content (AvgIpc) is 3.16. The van der Waals surface area contributed by atoms with Gasteiger partial charge in [-0.1, -0.05) is 41.4 Å². The molecule has 1 amide bonds. The number of para-hydroxylation sites is 2. The van der Waals surface area contributed by atoms with Crippen LogP contribution in [-0.2, 0) is 4.79 Å². The van der Waals surface area contributed by atoms with Crippen LogP contribution in [0.5, 0.6) is 0 Å². The molecule has 140 valence electrons. The maximum atomic E-state index is 12.1. The third kappa shape index (κ3) is 5.45.